The quantitative estimate of drug-likeness (QED) is 0.438. The van der Waals surface area contributed by atoms with Crippen molar-refractivity contribution in [3.63, 3.8) is 0 Å². The molecule has 0 fully saturated rings. The van der Waals surface area contributed by atoms with E-state index in [1.165, 1.54) is 37.0 Å². The van der Waals surface area contributed by atoms with Gasteiger partial charge in [0.25, 0.3) is 0 Å². The van der Waals surface area contributed by atoms with Gasteiger partial charge in [-0.1, -0.05) is 41.5 Å². The van der Waals surface area contributed by atoms with Crippen LogP contribution in [0.4, 0.5) is 0 Å². The molecule has 0 N–H and O–H groups in total. The molecule has 0 bridgehead atoms. The van der Waals surface area contributed by atoms with Crippen molar-refractivity contribution in [1.82, 2.24) is 0 Å². The maximum absolute atomic E-state index is 4.61. The Bertz CT molecular complexity index is 74.0. The molecule has 0 heterocycles. The summed E-state index contributed by atoms with van der Waals surface area (Å²) >= 11 is 1.61. The molecule has 0 atom stereocenters. The maximum atomic E-state index is 4.61. The molecule has 0 aromatic heterocycles. The molecule has 0 radical (unpaired) electrons. The van der Waals surface area contributed by atoms with E-state index < -0.39 is 0 Å². The van der Waals surface area contributed by atoms with E-state index in [1.807, 2.05) is 0 Å². The second-order valence-corrected chi connectivity index (χ2v) is 9.72. The van der Waals surface area contributed by atoms with Gasteiger partial charge in [0.15, 0.2) is 0 Å². The molecule has 0 aromatic rings. The minimum atomic E-state index is 0.446. The van der Waals surface area contributed by atoms with Crippen LogP contribution in [0.3, 0.4) is 0 Å². The fourth-order valence-corrected chi connectivity index (χ4v) is 4.02. The molecule has 0 aliphatic carbocycles. The fraction of sp³-hybridized carbons (Fsp3) is 1.00. The van der Waals surface area contributed by atoms with E-state index in [4.69, 9.17) is 0 Å². The Morgan fingerprint density at radius 2 is 0.688 bits per heavy atom. The Hall–Kier alpha value is 1.84. The summed E-state index contributed by atoms with van der Waals surface area (Å²) in [4.78, 5) is 0. The molecule has 0 spiro atoms. The van der Waals surface area contributed by atoms with Crippen LogP contribution in [-0.2, 0) is 18.8 Å². The van der Waals surface area contributed by atoms with Gasteiger partial charge in [-0.15, -0.1) is 15.8 Å². The van der Waals surface area contributed by atoms with E-state index in [0.29, 0.717) is 15.8 Å². The second kappa shape index (κ2) is 22.1. The summed E-state index contributed by atoms with van der Waals surface area (Å²) in [6, 6.07) is 0. The van der Waals surface area contributed by atoms with Crippen LogP contribution >= 0.6 is 25.3 Å². The van der Waals surface area contributed by atoms with Crippen molar-refractivity contribution >= 4 is 25.3 Å². The Balaban J connectivity index is -0.000000183. The van der Waals surface area contributed by atoms with Gasteiger partial charge >= 0.3 is 28.2 Å². The van der Waals surface area contributed by atoms with Crippen molar-refractivity contribution in [3.8, 4) is 0 Å². The Kier molecular flexibility index (Phi) is 31.7. The summed E-state index contributed by atoms with van der Waals surface area (Å²) in [5.74, 6) is 0. The first-order chi connectivity index (χ1) is 7.69. The van der Waals surface area contributed by atoms with Crippen LogP contribution in [0.25, 0.3) is 0 Å². The zero-order chi connectivity index (χ0) is 13.4. The first kappa shape index (κ1) is 23.0. The molecular weight excluding hydrogens is 437 g/mol. The number of hydrogen-bond acceptors (Lipinski definition) is 0. The van der Waals surface area contributed by atoms with Gasteiger partial charge in [0.2, 0.25) is 0 Å². The molecule has 0 saturated carbocycles. The number of hydrogen-bond donors (Lipinski definition) is 0. The summed E-state index contributed by atoms with van der Waals surface area (Å²) in [7, 11) is 5.50. The summed E-state index contributed by atoms with van der Waals surface area (Å²) in [6.45, 7) is 13.7. The van der Waals surface area contributed by atoms with Crippen molar-refractivity contribution in [2.75, 3.05) is 37.0 Å². The standard InChI is InChI=1S/2C6H15P.ClH.Pt/c2*1-4-7(5-2)6-3;;/h2*4-6H2,1-3H3;1H;/q;;;+1/p-1. The zero-order valence-electron chi connectivity index (χ0n) is 11.8. The third kappa shape index (κ3) is 18.2. The zero-order valence-corrected chi connectivity index (χ0v) is 16.6. The van der Waals surface area contributed by atoms with E-state index in [1.54, 1.807) is 18.8 Å². The molecule has 0 unspecified atom stereocenters. The van der Waals surface area contributed by atoms with Gasteiger partial charge in [-0.25, -0.2) is 0 Å². The molecule has 0 saturated heterocycles. The summed E-state index contributed by atoms with van der Waals surface area (Å²) < 4.78 is 0. The molecule has 0 aliphatic rings. The molecule has 0 rings (SSSR count). The second-order valence-electron chi connectivity index (χ2n) is 3.24. The normalized spacial score (nSPS) is 9.44. The Labute approximate surface area is 122 Å². The van der Waals surface area contributed by atoms with Crippen LogP contribution in [-0.4, -0.2) is 37.0 Å². The fourth-order valence-electron chi connectivity index (χ4n) is 1.34. The number of rotatable bonds is 6. The minimum absolute atomic E-state index is 0.446. The number of halogens is 1. The van der Waals surface area contributed by atoms with E-state index in [0.717, 1.165) is 0 Å². The van der Waals surface area contributed by atoms with Crippen molar-refractivity contribution in [2.24, 2.45) is 0 Å². The monoisotopic (exact) mass is 466 g/mol. The van der Waals surface area contributed by atoms with Crippen molar-refractivity contribution in [1.29, 1.82) is 0 Å². The third-order valence-electron chi connectivity index (χ3n) is 2.68. The van der Waals surface area contributed by atoms with Gasteiger partial charge in [-0.05, 0) is 37.0 Å². The van der Waals surface area contributed by atoms with Crippen LogP contribution in [0.2, 0.25) is 0 Å². The molecule has 0 aromatic carbocycles. The van der Waals surface area contributed by atoms with Gasteiger partial charge in [0.1, 0.15) is 0 Å². The third-order valence-corrected chi connectivity index (χ3v) is 8.05. The van der Waals surface area contributed by atoms with Gasteiger partial charge in [0, 0.05) is 0 Å². The van der Waals surface area contributed by atoms with Crippen molar-refractivity contribution < 1.29 is 18.8 Å². The van der Waals surface area contributed by atoms with Crippen LogP contribution in [0.1, 0.15) is 41.5 Å². The van der Waals surface area contributed by atoms with Gasteiger partial charge in [0.05, 0.1) is 0 Å². The SMILES string of the molecule is CCP(CC)CC.CCP(CC)CC.[Cl][Pt]. The van der Waals surface area contributed by atoms with E-state index >= 15 is 0 Å². The Morgan fingerprint density at radius 3 is 0.688 bits per heavy atom. The summed E-state index contributed by atoms with van der Waals surface area (Å²) in [5, 5.41) is 0. The molecule has 0 nitrogen and oxygen atoms in total. The van der Waals surface area contributed by atoms with Gasteiger partial charge < -0.3 is 0 Å². The van der Waals surface area contributed by atoms with Crippen LogP contribution < -0.4 is 0 Å². The van der Waals surface area contributed by atoms with Crippen LogP contribution in [0.15, 0.2) is 0 Å². The van der Waals surface area contributed by atoms with Crippen molar-refractivity contribution in [3.05, 3.63) is 0 Å². The van der Waals surface area contributed by atoms with E-state index in [9.17, 15) is 0 Å². The predicted molar refractivity (Wildman–Crippen MR) is 82.9 cm³/mol. The molecule has 105 valence electrons. The van der Waals surface area contributed by atoms with Crippen LogP contribution in [0.5, 0.6) is 0 Å². The summed E-state index contributed by atoms with van der Waals surface area (Å²) in [5.41, 5.74) is 0. The summed E-state index contributed by atoms with van der Waals surface area (Å²) in [6.07, 6.45) is 8.51. The Morgan fingerprint density at radius 1 is 0.562 bits per heavy atom. The first-order valence-electron chi connectivity index (χ1n) is 6.26. The van der Waals surface area contributed by atoms with E-state index in [-0.39, 0.29) is 0 Å². The predicted octanol–water partition coefficient (Wildman–Crippen LogP) is 5.74. The first-order valence-corrected chi connectivity index (χ1v) is 12.9. The molecule has 0 amide bonds. The van der Waals surface area contributed by atoms with Crippen molar-refractivity contribution in [2.45, 2.75) is 41.5 Å². The topological polar surface area (TPSA) is 0 Å². The average Bonchev–Trinajstić information content (AvgIpc) is 2.37. The molecular formula is C12H30ClP2Pt. The van der Waals surface area contributed by atoms with Gasteiger partial charge in [-0.2, -0.15) is 0 Å². The molecule has 4 heteroatoms. The van der Waals surface area contributed by atoms with Crippen LogP contribution in [0, 0.1) is 0 Å². The molecule has 16 heavy (non-hydrogen) atoms. The average molecular weight is 467 g/mol. The van der Waals surface area contributed by atoms with E-state index in [2.05, 4.69) is 51.0 Å². The molecule has 0 aliphatic heterocycles. The van der Waals surface area contributed by atoms with Gasteiger partial charge in [-0.3, -0.25) is 0 Å².